The third kappa shape index (κ3) is 7.59. The van der Waals surface area contributed by atoms with Crippen molar-refractivity contribution < 1.29 is 28.7 Å². The summed E-state index contributed by atoms with van der Waals surface area (Å²) in [6.07, 6.45) is 0.485. The van der Waals surface area contributed by atoms with Crippen molar-refractivity contribution in [2.75, 3.05) is 36.1 Å². The number of rotatable bonds is 8. The van der Waals surface area contributed by atoms with Gasteiger partial charge in [-0.25, -0.2) is 4.79 Å². The molecule has 0 spiro atoms. The van der Waals surface area contributed by atoms with Crippen LogP contribution in [-0.2, 0) is 20.9 Å². The fourth-order valence-corrected chi connectivity index (χ4v) is 4.37. The molecule has 4 amide bonds. The van der Waals surface area contributed by atoms with Crippen LogP contribution in [0.25, 0.3) is 0 Å². The van der Waals surface area contributed by atoms with E-state index < -0.39 is 12.0 Å². The lowest BCUT2D eigenvalue weighted by atomic mass is 9.96. The molecule has 1 aliphatic rings. The van der Waals surface area contributed by atoms with E-state index in [0.29, 0.717) is 43.1 Å². The Balaban J connectivity index is 1.39. The number of nitrogens with one attached hydrogen (secondary N) is 3. The summed E-state index contributed by atoms with van der Waals surface area (Å²) in [5.41, 5.74) is 2.41. The predicted molar refractivity (Wildman–Crippen MR) is 151 cm³/mol. The molecular weight excluding hydrogens is 512 g/mol. The van der Waals surface area contributed by atoms with Gasteiger partial charge in [-0.05, 0) is 60.9 Å². The van der Waals surface area contributed by atoms with Crippen LogP contribution in [0, 0.1) is 5.92 Å². The molecule has 0 radical (unpaired) electrons. The fourth-order valence-electron chi connectivity index (χ4n) is 4.37. The van der Waals surface area contributed by atoms with Crippen molar-refractivity contribution in [2.24, 2.45) is 5.92 Å². The molecule has 10 nitrogen and oxygen atoms in total. The Bertz CT molecular complexity index is 1350. The second-order valence-corrected chi connectivity index (χ2v) is 9.41. The molecule has 3 aromatic rings. The van der Waals surface area contributed by atoms with Crippen LogP contribution in [0.1, 0.15) is 35.7 Å². The Hall–Kier alpha value is -4.86. The lowest BCUT2D eigenvalue weighted by Crippen LogP contribution is -2.41. The van der Waals surface area contributed by atoms with E-state index in [2.05, 4.69) is 16.0 Å². The first kappa shape index (κ1) is 28.2. The van der Waals surface area contributed by atoms with Crippen LogP contribution in [0.2, 0.25) is 0 Å². The Kier molecular flexibility index (Phi) is 9.35. The molecule has 1 fully saturated rings. The van der Waals surface area contributed by atoms with Gasteiger partial charge in [0.1, 0.15) is 12.4 Å². The first-order valence-corrected chi connectivity index (χ1v) is 13.0. The van der Waals surface area contributed by atoms with Gasteiger partial charge in [0.15, 0.2) is 0 Å². The topological polar surface area (TPSA) is 126 Å². The maximum Gasteiger partial charge on any atom is 0.410 e. The highest BCUT2D eigenvalue weighted by atomic mass is 16.6. The molecule has 10 heteroatoms. The number of benzene rings is 3. The predicted octanol–water partition coefficient (Wildman–Crippen LogP) is 4.89. The van der Waals surface area contributed by atoms with Crippen LogP contribution in [0.15, 0.2) is 72.8 Å². The van der Waals surface area contributed by atoms with Gasteiger partial charge in [-0.1, -0.05) is 30.3 Å². The zero-order valence-corrected chi connectivity index (χ0v) is 22.4. The number of ether oxygens (including phenoxy) is 2. The number of nitrogens with zero attached hydrogens (tertiary/aromatic N) is 1. The number of anilines is 3. The summed E-state index contributed by atoms with van der Waals surface area (Å²) in [6, 6.07) is 21.0. The molecule has 3 N–H and O–H groups in total. The van der Waals surface area contributed by atoms with Crippen LogP contribution >= 0.6 is 0 Å². The summed E-state index contributed by atoms with van der Waals surface area (Å²) in [7, 11) is 1.56. The second kappa shape index (κ2) is 13.3. The number of hydrogen-bond acceptors (Lipinski definition) is 6. The van der Waals surface area contributed by atoms with E-state index in [1.165, 1.54) is 6.92 Å². The van der Waals surface area contributed by atoms with E-state index in [1.807, 2.05) is 30.3 Å². The monoisotopic (exact) mass is 544 g/mol. The van der Waals surface area contributed by atoms with Crippen molar-refractivity contribution in [1.82, 2.24) is 4.90 Å². The molecule has 3 aromatic carbocycles. The van der Waals surface area contributed by atoms with Gasteiger partial charge < -0.3 is 30.3 Å². The van der Waals surface area contributed by atoms with Crippen LogP contribution < -0.4 is 20.7 Å². The summed E-state index contributed by atoms with van der Waals surface area (Å²) < 4.78 is 10.6. The molecule has 0 unspecified atom stereocenters. The van der Waals surface area contributed by atoms with Crippen molar-refractivity contribution in [3.05, 3.63) is 83.9 Å². The average molecular weight is 545 g/mol. The minimum absolute atomic E-state index is 0.187. The molecule has 0 aliphatic carbocycles. The minimum atomic E-state index is -0.425. The van der Waals surface area contributed by atoms with Crippen LogP contribution in [0.3, 0.4) is 0 Å². The zero-order chi connectivity index (χ0) is 28.5. The van der Waals surface area contributed by atoms with Crippen molar-refractivity contribution in [3.63, 3.8) is 0 Å². The SMILES string of the molecule is COc1ccc(NC(=O)c2ccc(NC(C)=O)cc2NC(=O)C2CCN(C(=O)OCc3ccccc3)CC2)cc1. The lowest BCUT2D eigenvalue weighted by Gasteiger charge is -2.30. The Morgan fingerprint density at radius 1 is 0.850 bits per heavy atom. The Morgan fingerprint density at radius 2 is 1.52 bits per heavy atom. The largest absolute Gasteiger partial charge is 0.497 e. The number of amides is 4. The van der Waals surface area contributed by atoms with Gasteiger partial charge >= 0.3 is 6.09 Å². The molecule has 0 aromatic heterocycles. The number of methoxy groups -OCH3 is 1. The molecule has 0 bridgehead atoms. The van der Waals surface area contributed by atoms with Crippen LogP contribution in [0.4, 0.5) is 21.9 Å². The maximum absolute atomic E-state index is 13.2. The fraction of sp³-hybridized carbons (Fsp3) is 0.267. The highest BCUT2D eigenvalue weighted by Gasteiger charge is 2.29. The van der Waals surface area contributed by atoms with E-state index in [-0.39, 0.29) is 35.6 Å². The van der Waals surface area contributed by atoms with Crippen LogP contribution in [-0.4, -0.2) is 48.9 Å². The van der Waals surface area contributed by atoms with Gasteiger partial charge in [0.05, 0.1) is 18.4 Å². The quantitative estimate of drug-likeness (QED) is 0.371. The average Bonchev–Trinajstić information content (AvgIpc) is 2.96. The van der Waals surface area contributed by atoms with E-state index in [9.17, 15) is 19.2 Å². The molecule has 0 saturated carbocycles. The number of carbonyl (C=O) groups excluding carboxylic acids is 4. The first-order chi connectivity index (χ1) is 19.3. The van der Waals surface area contributed by atoms with E-state index in [4.69, 9.17) is 9.47 Å². The first-order valence-electron chi connectivity index (χ1n) is 13.0. The summed E-state index contributed by atoms with van der Waals surface area (Å²) in [4.78, 5) is 52.0. The molecular formula is C30H32N4O6. The molecule has 40 heavy (non-hydrogen) atoms. The van der Waals surface area contributed by atoms with Gasteiger partial charge in [-0.15, -0.1) is 0 Å². The van der Waals surface area contributed by atoms with E-state index in [1.54, 1.807) is 54.5 Å². The number of hydrogen-bond donors (Lipinski definition) is 3. The van der Waals surface area contributed by atoms with Gasteiger partial charge in [-0.3, -0.25) is 14.4 Å². The minimum Gasteiger partial charge on any atom is -0.497 e. The third-order valence-corrected chi connectivity index (χ3v) is 6.52. The number of carbonyl (C=O) groups is 4. The van der Waals surface area contributed by atoms with Gasteiger partial charge in [0, 0.05) is 37.3 Å². The Morgan fingerprint density at radius 3 is 2.17 bits per heavy atom. The number of likely N-dealkylation sites (tertiary alicyclic amines) is 1. The molecule has 1 heterocycles. The Labute approximate surface area is 232 Å². The smallest absolute Gasteiger partial charge is 0.410 e. The molecule has 4 rings (SSSR count). The third-order valence-electron chi connectivity index (χ3n) is 6.52. The second-order valence-electron chi connectivity index (χ2n) is 9.41. The van der Waals surface area contributed by atoms with Crippen molar-refractivity contribution in [1.29, 1.82) is 0 Å². The van der Waals surface area contributed by atoms with Gasteiger partial charge in [0.25, 0.3) is 5.91 Å². The standard InChI is InChI=1S/C30H32N4O6/c1-20(35)31-24-10-13-26(29(37)32-23-8-11-25(39-2)12-9-23)27(18-24)33-28(36)22-14-16-34(17-15-22)30(38)40-19-21-6-4-3-5-7-21/h3-13,18,22H,14-17,19H2,1-2H3,(H,31,35)(H,32,37)(H,33,36). The normalized spacial score (nSPS) is 13.2. The van der Waals surface area contributed by atoms with Crippen molar-refractivity contribution >= 4 is 40.9 Å². The lowest BCUT2D eigenvalue weighted by molar-refractivity contribution is -0.121. The molecule has 1 aliphatic heterocycles. The summed E-state index contributed by atoms with van der Waals surface area (Å²) in [5.74, 6) is -0.679. The number of piperidine rings is 1. The molecule has 1 saturated heterocycles. The van der Waals surface area contributed by atoms with Gasteiger partial charge in [-0.2, -0.15) is 0 Å². The zero-order valence-electron chi connectivity index (χ0n) is 22.4. The van der Waals surface area contributed by atoms with Crippen molar-refractivity contribution in [2.45, 2.75) is 26.4 Å². The highest BCUT2D eigenvalue weighted by Crippen LogP contribution is 2.26. The molecule has 0 atom stereocenters. The summed E-state index contributed by atoms with van der Waals surface area (Å²) >= 11 is 0. The highest BCUT2D eigenvalue weighted by molar-refractivity contribution is 6.11. The van der Waals surface area contributed by atoms with E-state index in [0.717, 1.165) is 5.56 Å². The van der Waals surface area contributed by atoms with Crippen LogP contribution in [0.5, 0.6) is 5.75 Å². The van der Waals surface area contributed by atoms with Crippen molar-refractivity contribution in [3.8, 4) is 5.75 Å². The van der Waals surface area contributed by atoms with Gasteiger partial charge in [0.2, 0.25) is 11.8 Å². The maximum atomic E-state index is 13.2. The summed E-state index contributed by atoms with van der Waals surface area (Å²) in [5, 5.41) is 8.35. The van der Waals surface area contributed by atoms with E-state index >= 15 is 0 Å². The summed E-state index contributed by atoms with van der Waals surface area (Å²) in [6.45, 7) is 2.32. The molecule has 208 valence electrons.